The van der Waals surface area contributed by atoms with Crippen LogP contribution >= 0.6 is 27.5 Å². The van der Waals surface area contributed by atoms with Crippen LogP contribution in [-0.2, 0) is 4.79 Å². The van der Waals surface area contributed by atoms with Crippen LogP contribution in [0.25, 0.3) is 6.08 Å². The molecule has 0 fully saturated rings. The van der Waals surface area contributed by atoms with Gasteiger partial charge in [-0.05, 0) is 57.9 Å². The second-order valence-corrected chi connectivity index (χ2v) is 5.15. The largest absolute Gasteiger partial charge is 0.478 e. The molecule has 0 aromatic heterocycles. The van der Waals surface area contributed by atoms with E-state index in [0.717, 1.165) is 10.5 Å². The first-order chi connectivity index (χ1) is 9.56. The van der Waals surface area contributed by atoms with E-state index in [2.05, 4.69) is 15.9 Å². The number of carboxylic acid groups (broad SMARTS) is 1. The molecule has 0 heterocycles. The first-order valence-corrected chi connectivity index (χ1v) is 6.86. The summed E-state index contributed by atoms with van der Waals surface area (Å²) < 4.78 is 6.54. The van der Waals surface area contributed by atoms with Gasteiger partial charge in [0.2, 0.25) is 0 Å². The molecular formula is C15H10BrClO3. The lowest BCUT2D eigenvalue weighted by Crippen LogP contribution is -1.88. The zero-order valence-corrected chi connectivity index (χ0v) is 12.6. The topological polar surface area (TPSA) is 46.5 Å². The Balaban J connectivity index is 2.21. The molecule has 5 heteroatoms. The summed E-state index contributed by atoms with van der Waals surface area (Å²) in [6.07, 6.45) is 2.47. The standard InChI is InChI=1S/C15H10BrClO3/c16-12-3-1-2-4-14(12)20-11-7-5-10(13(17)9-11)6-8-15(18)19/h1-9H,(H,18,19)/b8-6+. The lowest BCUT2D eigenvalue weighted by atomic mass is 10.2. The van der Waals surface area contributed by atoms with Crippen molar-refractivity contribution in [3.63, 3.8) is 0 Å². The Morgan fingerprint density at radius 3 is 2.65 bits per heavy atom. The maximum absolute atomic E-state index is 10.5. The predicted octanol–water partition coefficient (Wildman–Crippen LogP) is 4.99. The van der Waals surface area contributed by atoms with Crippen LogP contribution in [0.4, 0.5) is 0 Å². The fourth-order valence-electron chi connectivity index (χ4n) is 1.52. The van der Waals surface area contributed by atoms with E-state index in [1.165, 1.54) is 6.08 Å². The molecule has 0 unspecified atom stereocenters. The molecule has 0 aliphatic heterocycles. The van der Waals surface area contributed by atoms with Crippen molar-refractivity contribution in [1.82, 2.24) is 0 Å². The summed E-state index contributed by atoms with van der Waals surface area (Å²) in [7, 11) is 0. The van der Waals surface area contributed by atoms with Crippen LogP contribution in [0.1, 0.15) is 5.56 Å². The third-order valence-electron chi connectivity index (χ3n) is 2.44. The highest BCUT2D eigenvalue weighted by atomic mass is 79.9. The molecule has 0 atom stereocenters. The first-order valence-electron chi connectivity index (χ1n) is 5.69. The summed E-state index contributed by atoms with van der Waals surface area (Å²) in [5.41, 5.74) is 0.619. The van der Waals surface area contributed by atoms with Gasteiger partial charge in [0.05, 0.1) is 9.50 Å². The molecule has 2 aromatic rings. The summed E-state index contributed by atoms with van der Waals surface area (Å²) in [6, 6.07) is 12.5. The molecule has 0 aliphatic rings. The molecule has 1 N–H and O–H groups in total. The van der Waals surface area contributed by atoms with Gasteiger partial charge in [0.1, 0.15) is 11.5 Å². The van der Waals surface area contributed by atoms with E-state index in [1.54, 1.807) is 18.2 Å². The fourth-order valence-corrected chi connectivity index (χ4v) is 2.12. The first kappa shape index (κ1) is 14.6. The van der Waals surface area contributed by atoms with Gasteiger partial charge in [-0.2, -0.15) is 0 Å². The van der Waals surface area contributed by atoms with Crippen LogP contribution in [-0.4, -0.2) is 11.1 Å². The quantitative estimate of drug-likeness (QED) is 0.787. The minimum absolute atomic E-state index is 0.423. The molecule has 2 aromatic carbocycles. The number of hydrogen-bond donors (Lipinski definition) is 1. The van der Waals surface area contributed by atoms with Crippen molar-refractivity contribution in [3.8, 4) is 11.5 Å². The maximum atomic E-state index is 10.5. The van der Waals surface area contributed by atoms with E-state index in [9.17, 15) is 4.79 Å². The minimum atomic E-state index is -1.02. The number of benzene rings is 2. The lowest BCUT2D eigenvalue weighted by molar-refractivity contribution is -0.131. The molecule has 0 bridgehead atoms. The fraction of sp³-hybridized carbons (Fsp3) is 0. The Labute approximate surface area is 129 Å². The SMILES string of the molecule is O=C(O)/C=C/c1ccc(Oc2ccccc2Br)cc1Cl. The van der Waals surface area contributed by atoms with Gasteiger partial charge in [-0.25, -0.2) is 4.79 Å². The number of aliphatic carboxylic acids is 1. The average Bonchev–Trinajstić information content (AvgIpc) is 2.40. The zero-order chi connectivity index (χ0) is 14.5. The summed E-state index contributed by atoms with van der Waals surface area (Å²) in [4.78, 5) is 10.5. The highest BCUT2D eigenvalue weighted by Gasteiger charge is 2.04. The van der Waals surface area contributed by atoms with Gasteiger partial charge in [0.15, 0.2) is 0 Å². The van der Waals surface area contributed by atoms with Gasteiger partial charge in [0, 0.05) is 6.08 Å². The molecule has 0 amide bonds. The van der Waals surface area contributed by atoms with Crippen molar-refractivity contribution in [2.75, 3.05) is 0 Å². The smallest absolute Gasteiger partial charge is 0.328 e. The van der Waals surface area contributed by atoms with Crippen LogP contribution in [0.3, 0.4) is 0 Å². The summed E-state index contributed by atoms with van der Waals surface area (Å²) in [5.74, 6) is 0.237. The number of ether oxygens (including phenoxy) is 1. The summed E-state index contributed by atoms with van der Waals surface area (Å²) >= 11 is 9.48. The molecular weight excluding hydrogens is 344 g/mol. The van der Waals surface area contributed by atoms with Crippen LogP contribution in [0, 0.1) is 0 Å². The van der Waals surface area contributed by atoms with Gasteiger partial charge in [-0.1, -0.05) is 23.7 Å². The van der Waals surface area contributed by atoms with Crippen molar-refractivity contribution in [3.05, 3.63) is 63.6 Å². The Morgan fingerprint density at radius 1 is 1.25 bits per heavy atom. The lowest BCUT2D eigenvalue weighted by Gasteiger charge is -2.08. The predicted molar refractivity (Wildman–Crippen MR) is 82.3 cm³/mol. The van der Waals surface area contributed by atoms with Crippen LogP contribution < -0.4 is 4.74 Å². The number of hydrogen-bond acceptors (Lipinski definition) is 2. The summed E-state index contributed by atoms with van der Waals surface area (Å²) in [5, 5.41) is 9.01. The third-order valence-corrected chi connectivity index (χ3v) is 3.42. The monoisotopic (exact) mass is 352 g/mol. The number of halogens is 2. The molecule has 3 nitrogen and oxygen atoms in total. The van der Waals surface area contributed by atoms with Crippen molar-refractivity contribution in [2.45, 2.75) is 0 Å². The zero-order valence-electron chi connectivity index (χ0n) is 10.2. The number of para-hydroxylation sites is 1. The third kappa shape index (κ3) is 3.85. The highest BCUT2D eigenvalue weighted by molar-refractivity contribution is 9.10. The maximum Gasteiger partial charge on any atom is 0.328 e. The Kier molecular flexibility index (Phi) is 4.82. The molecule has 0 spiro atoms. The van der Waals surface area contributed by atoms with Crippen molar-refractivity contribution < 1.29 is 14.6 Å². The highest BCUT2D eigenvalue weighted by Crippen LogP contribution is 2.31. The normalized spacial score (nSPS) is 10.7. The Hall–Kier alpha value is -1.78. The van der Waals surface area contributed by atoms with Gasteiger partial charge in [-0.3, -0.25) is 0 Å². The Bertz CT molecular complexity index is 668. The molecule has 0 saturated carbocycles. The van der Waals surface area contributed by atoms with Crippen LogP contribution in [0.15, 0.2) is 53.0 Å². The molecule has 102 valence electrons. The van der Waals surface area contributed by atoms with Gasteiger partial charge in [0.25, 0.3) is 0 Å². The Morgan fingerprint density at radius 2 is 2.00 bits per heavy atom. The minimum Gasteiger partial charge on any atom is -0.478 e. The van der Waals surface area contributed by atoms with E-state index < -0.39 is 5.97 Å². The molecule has 2 rings (SSSR count). The second-order valence-electron chi connectivity index (χ2n) is 3.89. The molecule has 0 saturated heterocycles. The molecule has 20 heavy (non-hydrogen) atoms. The molecule has 0 aliphatic carbocycles. The van der Waals surface area contributed by atoms with Crippen molar-refractivity contribution >= 4 is 39.6 Å². The van der Waals surface area contributed by atoms with Crippen molar-refractivity contribution in [2.24, 2.45) is 0 Å². The molecule has 0 radical (unpaired) electrons. The number of rotatable bonds is 4. The second kappa shape index (κ2) is 6.59. The van der Waals surface area contributed by atoms with E-state index in [4.69, 9.17) is 21.4 Å². The van der Waals surface area contributed by atoms with Gasteiger partial charge < -0.3 is 9.84 Å². The van der Waals surface area contributed by atoms with Crippen molar-refractivity contribution in [1.29, 1.82) is 0 Å². The van der Waals surface area contributed by atoms with Gasteiger partial charge in [-0.15, -0.1) is 0 Å². The summed E-state index contributed by atoms with van der Waals surface area (Å²) in [6.45, 7) is 0. The average molecular weight is 354 g/mol. The van der Waals surface area contributed by atoms with E-state index in [-0.39, 0.29) is 0 Å². The van der Waals surface area contributed by atoms with E-state index in [1.807, 2.05) is 24.3 Å². The number of carbonyl (C=O) groups is 1. The number of carboxylic acids is 1. The van der Waals surface area contributed by atoms with Gasteiger partial charge >= 0.3 is 5.97 Å². The van der Waals surface area contributed by atoms with Crippen LogP contribution in [0.2, 0.25) is 5.02 Å². The van der Waals surface area contributed by atoms with E-state index in [0.29, 0.717) is 22.1 Å². The van der Waals surface area contributed by atoms with Crippen LogP contribution in [0.5, 0.6) is 11.5 Å². The van der Waals surface area contributed by atoms with E-state index >= 15 is 0 Å².